The molecule has 0 radical (unpaired) electrons. The van der Waals surface area contributed by atoms with E-state index in [0.717, 1.165) is 30.2 Å². The second-order valence-corrected chi connectivity index (χ2v) is 13.3. The van der Waals surface area contributed by atoms with Gasteiger partial charge in [0.2, 0.25) is 10.0 Å². The van der Waals surface area contributed by atoms with Crippen molar-refractivity contribution >= 4 is 26.0 Å². The summed E-state index contributed by atoms with van der Waals surface area (Å²) in [5.41, 5.74) is 2.79. The number of sulfonamides is 1. The number of hydrogen-bond acceptors (Lipinski definition) is 3. The van der Waals surface area contributed by atoms with Gasteiger partial charge in [0, 0.05) is 23.0 Å². The zero-order valence-corrected chi connectivity index (χ0v) is 21.4. The highest BCUT2D eigenvalue weighted by Gasteiger charge is 2.49. The molecule has 170 valence electrons. The molecule has 0 aromatic heterocycles. The van der Waals surface area contributed by atoms with Crippen LogP contribution in [0.1, 0.15) is 59.8 Å². The Balaban J connectivity index is 1.52. The standard InChI is InChI=1S/C25H34BrNO3S/c1-24(2,3)30-23-11-10-19-16-18(12-14-25(19,23)4)21-13-15-27(17-22(21)26)31(28,29)20-8-6-5-7-9-20/h5-9,16,19,23H,10-15,17H2,1-4H3/t19-,23+,25+/m1/s1. The van der Waals surface area contributed by atoms with Crippen LogP contribution in [0.2, 0.25) is 0 Å². The summed E-state index contributed by atoms with van der Waals surface area (Å²) < 4.78 is 35.1. The van der Waals surface area contributed by atoms with Gasteiger partial charge >= 0.3 is 0 Å². The number of fused-ring (bicyclic) bond motifs is 1. The first-order valence-corrected chi connectivity index (χ1v) is 13.6. The van der Waals surface area contributed by atoms with Gasteiger partial charge in [-0.3, -0.25) is 0 Å². The van der Waals surface area contributed by atoms with E-state index in [1.165, 1.54) is 17.6 Å². The second kappa shape index (κ2) is 8.44. The van der Waals surface area contributed by atoms with E-state index >= 15 is 0 Å². The molecule has 31 heavy (non-hydrogen) atoms. The quantitative estimate of drug-likeness (QED) is 0.498. The zero-order chi connectivity index (χ0) is 22.4. The lowest BCUT2D eigenvalue weighted by molar-refractivity contribution is -0.109. The summed E-state index contributed by atoms with van der Waals surface area (Å²) >= 11 is 3.74. The predicted molar refractivity (Wildman–Crippen MR) is 129 cm³/mol. The summed E-state index contributed by atoms with van der Waals surface area (Å²) in [7, 11) is -3.46. The van der Waals surface area contributed by atoms with Crippen molar-refractivity contribution in [1.29, 1.82) is 0 Å². The highest BCUT2D eigenvalue weighted by molar-refractivity contribution is 9.11. The number of ether oxygens (including phenoxy) is 1. The number of allylic oxidation sites excluding steroid dienone is 2. The maximum atomic E-state index is 13.0. The molecule has 0 unspecified atom stereocenters. The van der Waals surface area contributed by atoms with Gasteiger partial charge in [-0.05, 0) is 82.1 Å². The van der Waals surface area contributed by atoms with Crippen molar-refractivity contribution in [3.63, 3.8) is 0 Å². The Kier molecular flexibility index (Phi) is 6.32. The molecule has 2 aliphatic carbocycles. The molecule has 0 spiro atoms. The first-order chi connectivity index (χ1) is 14.5. The first kappa shape index (κ1) is 23.2. The molecule has 4 rings (SSSR count). The van der Waals surface area contributed by atoms with Crippen LogP contribution in [0.4, 0.5) is 0 Å². The number of halogens is 1. The monoisotopic (exact) mass is 507 g/mol. The molecule has 1 aromatic carbocycles. The van der Waals surface area contributed by atoms with Gasteiger partial charge in [-0.25, -0.2) is 8.42 Å². The van der Waals surface area contributed by atoms with Crippen LogP contribution in [0.25, 0.3) is 0 Å². The maximum absolute atomic E-state index is 13.0. The maximum Gasteiger partial charge on any atom is 0.243 e. The summed E-state index contributed by atoms with van der Waals surface area (Å²) in [5.74, 6) is 0.530. The van der Waals surface area contributed by atoms with E-state index in [1.807, 2.05) is 6.07 Å². The van der Waals surface area contributed by atoms with Crippen LogP contribution in [0, 0.1) is 11.3 Å². The molecule has 4 nitrogen and oxygen atoms in total. The molecule has 6 heteroatoms. The van der Waals surface area contributed by atoms with E-state index in [4.69, 9.17) is 4.74 Å². The fraction of sp³-hybridized carbons (Fsp3) is 0.600. The highest BCUT2D eigenvalue weighted by atomic mass is 79.9. The molecule has 1 aromatic rings. The van der Waals surface area contributed by atoms with Crippen LogP contribution >= 0.6 is 15.9 Å². The molecular formula is C25H34BrNO3S. The molecule has 1 aliphatic heterocycles. The Morgan fingerprint density at radius 3 is 2.48 bits per heavy atom. The summed E-state index contributed by atoms with van der Waals surface area (Å²) in [6.07, 6.45) is 7.99. The minimum Gasteiger partial charge on any atom is -0.372 e. The predicted octanol–water partition coefficient (Wildman–Crippen LogP) is 6.05. The van der Waals surface area contributed by atoms with Crippen molar-refractivity contribution < 1.29 is 13.2 Å². The molecule has 0 N–H and O–H groups in total. The van der Waals surface area contributed by atoms with Crippen molar-refractivity contribution in [2.24, 2.45) is 11.3 Å². The van der Waals surface area contributed by atoms with Crippen LogP contribution in [0.3, 0.4) is 0 Å². The molecule has 0 amide bonds. The Labute approximate surface area is 195 Å². The summed E-state index contributed by atoms with van der Waals surface area (Å²) in [5, 5.41) is 0. The Hall–Kier alpha value is -0.950. The van der Waals surface area contributed by atoms with Crippen molar-refractivity contribution in [2.45, 2.75) is 76.4 Å². The number of rotatable bonds is 4. The van der Waals surface area contributed by atoms with Crippen molar-refractivity contribution in [3.8, 4) is 0 Å². The highest BCUT2D eigenvalue weighted by Crippen LogP contribution is 2.54. The molecule has 1 heterocycles. The molecule has 1 fully saturated rings. The van der Waals surface area contributed by atoms with Gasteiger partial charge in [-0.1, -0.05) is 47.1 Å². The molecule has 3 aliphatic rings. The van der Waals surface area contributed by atoms with Gasteiger partial charge in [-0.15, -0.1) is 0 Å². The molecule has 3 atom stereocenters. The number of nitrogens with zero attached hydrogens (tertiary/aromatic N) is 1. The molecule has 0 bridgehead atoms. The Morgan fingerprint density at radius 1 is 1.13 bits per heavy atom. The van der Waals surface area contributed by atoms with E-state index in [9.17, 15) is 8.42 Å². The third-order valence-corrected chi connectivity index (χ3v) is 9.76. The molecular weight excluding hydrogens is 474 g/mol. The van der Waals surface area contributed by atoms with Gasteiger partial charge in [0.25, 0.3) is 0 Å². The minimum atomic E-state index is -3.46. The summed E-state index contributed by atoms with van der Waals surface area (Å²) in [6, 6.07) is 8.73. The lowest BCUT2D eigenvalue weighted by Crippen LogP contribution is -2.40. The first-order valence-electron chi connectivity index (χ1n) is 11.3. The SMILES string of the molecule is CC(C)(C)O[C@H]1CC[C@@H]2C=C(C3=C(Br)CN(S(=O)(=O)c4ccccc4)CC3)CC[C@]12C. The minimum absolute atomic E-state index is 0.116. The van der Waals surface area contributed by atoms with Gasteiger partial charge in [-0.2, -0.15) is 4.31 Å². The Bertz CT molecular complexity index is 993. The average Bonchev–Trinajstić information content (AvgIpc) is 3.02. The van der Waals surface area contributed by atoms with Gasteiger partial charge in [0.05, 0.1) is 16.6 Å². The van der Waals surface area contributed by atoms with E-state index in [0.29, 0.717) is 30.0 Å². The largest absolute Gasteiger partial charge is 0.372 e. The van der Waals surface area contributed by atoms with Crippen LogP contribution < -0.4 is 0 Å². The fourth-order valence-electron chi connectivity index (χ4n) is 5.43. The topological polar surface area (TPSA) is 46.6 Å². The molecule has 0 saturated heterocycles. The van der Waals surface area contributed by atoms with Crippen LogP contribution in [0.5, 0.6) is 0 Å². The van der Waals surface area contributed by atoms with E-state index in [-0.39, 0.29) is 11.0 Å². The van der Waals surface area contributed by atoms with Crippen LogP contribution in [-0.4, -0.2) is 37.5 Å². The van der Waals surface area contributed by atoms with Gasteiger partial charge in [0.1, 0.15) is 0 Å². The van der Waals surface area contributed by atoms with Crippen LogP contribution in [0.15, 0.2) is 56.9 Å². The van der Waals surface area contributed by atoms with E-state index in [2.05, 4.69) is 49.7 Å². The second-order valence-electron chi connectivity index (χ2n) is 10.4. The lowest BCUT2D eigenvalue weighted by Gasteiger charge is -2.42. The lowest BCUT2D eigenvalue weighted by atomic mass is 9.68. The summed E-state index contributed by atoms with van der Waals surface area (Å²) in [4.78, 5) is 0.363. The van der Waals surface area contributed by atoms with Crippen molar-refractivity contribution in [1.82, 2.24) is 4.31 Å². The van der Waals surface area contributed by atoms with Gasteiger partial charge < -0.3 is 4.74 Å². The zero-order valence-electron chi connectivity index (χ0n) is 19.0. The van der Waals surface area contributed by atoms with Crippen LogP contribution in [-0.2, 0) is 14.8 Å². The van der Waals surface area contributed by atoms with Crippen molar-refractivity contribution in [2.75, 3.05) is 13.1 Å². The fourth-order valence-corrected chi connectivity index (χ4v) is 7.79. The Morgan fingerprint density at radius 2 is 1.84 bits per heavy atom. The smallest absolute Gasteiger partial charge is 0.243 e. The van der Waals surface area contributed by atoms with Crippen molar-refractivity contribution in [3.05, 3.63) is 52.0 Å². The normalized spacial score (nSPS) is 30.3. The third-order valence-electron chi connectivity index (χ3n) is 7.18. The summed E-state index contributed by atoms with van der Waals surface area (Å²) in [6.45, 7) is 9.76. The molecule has 1 saturated carbocycles. The van der Waals surface area contributed by atoms with Gasteiger partial charge in [0.15, 0.2) is 0 Å². The number of hydrogen-bond donors (Lipinski definition) is 0. The average molecular weight is 509 g/mol. The number of benzene rings is 1. The van der Waals surface area contributed by atoms with E-state index < -0.39 is 10.0 Å². The van der Waals surface area contributed by atoms with E-state index in [1.54, 1.807) is 28.6 Å². The third kappa shape index (κ3) is 4.59.